The number of benzene rings is 2. The maximum absolute atomic E-state index is 12.3. The lowest BCUT2D eigenvalue weighted by atomic mass is 10.1. The molecule has 0 spiro atoms. The molecule has 0 aliphatic carbocycles. The van der Waals surface area contributed by atoms with Gasteiger partial charge < -0.3 is 9.88 Å². The van der Waals surface area contributed by atoms with Crippen molar-refractivity contribution in [1.29, 1.82) is 0 Å². The van der Waals surface area contributed by atoms with E-state index in [2.05, 4.69) is 14.9 Å². The quantitative estimate of drug-likeness (QED) is 0.674. The van der Waals surface area contributed by atoms with E-state index in [0.29, 0.717) is 5.56 Å². The lowest BCUT2D eigenvalue weighted by molar-refractivity contribution is -0.116. The zero-order valence-electron chi connectivity index (χ0n) is 15.0. The Bertz CT molecular complexity index is 976. The predicted octanol–water partition coefficient (Wildman–Crippen LogP) is 4.10. The summed E-state index contributed by atoms with van der Waals surface area (Å²) < 4.78 is 2.24. The molecule has 136 valence electrons. The number of rotatable bonds is 6. The van der Waals surface area contributed by atoms with E-state index in [0.717, 1.165) is 42.2 Å². The van der Waals surface area contributed by atoms with Gasteiger partial charge in [-0.1, -0.05) is 42.5 Å². The monoisotopic (exact) mass is 359 g/mol. The van der Waals surface area contributed by atoms with Crippen LogP contribution in [0.2, 0.25) is 0 Å². The van der Waals surface area contributed by atoms with Gasteiger partial charge in [0.05, 0.1) is 11.9 Å². The van der Waals surface area contributed by atoms with Crippen molar-refractivity contribution in [3.8, 4) is 11.3 Å². The van der Waals surface area contributed by atoms with Gasteiger partial charge in [-0.05, 0) is 18.6 Å². The first-order chi connectivity index (χ1) is 13.2. The number of carbonyl (C=O) groups is 2. The largest absolute Gasteiger partial charge is 0.328 e. The van der Waals surface area contributed by atoms with Gasteiger partial charge in [-0.15, -0.1) is 0 Å². The summed E-state index contributed by atoms with van der Waals surface area (Å²) in [5.74, 6) is 0.947. The Balaban J connectivity index is 1.39. The number of nitrogens with one attached hydrogen (secondary N) is 1. The highest BCUT2D eigenvalue weighted by Gasteiger charge is 2.17. The van der Waals surface area contributed by atoms with E-state index >= 15 is 0 Å². The minimum absolute atomic E-state index is 0.0191. The van der Waals surface area contributed by atoms with E-state index in [1.807, 2.05) is 48.7 Å². The van der Waals surface area contributed by atoms with Gasteiger partial charge in [0.15, 0.2) is 5.78 Å². The summed E-state index contributed by atoms with van der Waals surface area (Å²) in [6, 6.07) is 16.8. The molecular formula is C22H21N3O2. The molecule has 0 atom stereocenters. The molecule has 0 fully saturated rings. The average molecular weight is 359 g/mol. The molecule has 0 saturated carbocycles. The van der Waals surface area contributed by atoms with Crippen molar-refractivity contribution in [3.63, 3.8) is 0 Å². The number of hydrogen-bond acceptors (Lipinski definition) is 3. The number of aromatic nitrogens is 2. The Kier molecular flexibility index (Phi) is 4.83. The van der Waals surface area contributed by atoms with E-state index in [1.54, 1.807) is 12.1 Å². The van der Waals surface area contributed by atoms with Gasteiger partial charge in [0.1, 0.15) is 5.82 Å². The Morgan fingerprint density at radius 3 is 2.74 bits per heavy atom. The van der Waals surface area contributed by atoms with Crippen LogP contribution in [0.25, 0.3) is 11.3 Å². The van der Waals surface area contributed by atoms with Crippen LogP contribution in [0.15, 0.2) is 60.8 Å². The third-order valence-electron chi connectivity index (χ3n) is 4.84. The molecule has 0 unspecified atom stereocenters. The first kappa shape index (κ1) is 17.2. The molecule has 3 aromatic rings. The summed E-state index contributed by atoms with van der Waals surface area (Å²) >= 11 is 0. The van der Waals surface area contributed by atoms with Gasteiger partial charge in [0.2, 0.25) is 5.91 Å². The van der Waals surface area contributed by atoms with Crippen LogP contribution in [0.4, 0.5) is 5.69 Å². The van der Waals surface area contributed by atoms with E-state index in [1.165, 1.54) is 0 Å². The lowest BCUT2D eigenvalue weighted by Crippen LogP contribution is -2.13. The van der Waals surface area contributed by atoms with Crippen molar-refractivity contribution < 1.29 is 9.59 Å². The molecule has 1 N–H and O–H groups in total. The first-order valence-electron chi connectivity index (χ1n) is 9.23. The molecule has 1 amide bonds. The van der Waals surface area contributed by atoms with Crippen LogP contribution in [0.1, 0.15) is 35.4 Å². The van der Waals surface area contributed by atoms with Gasteiger partial charge in [-0.2, -0.15) is 0 Å². The molecule has 4 rings (SSSR count). The van der Waals surface area contributed by atoms with Crippen LogP contribution in [0, 0.1) is 0 Å². The van der Waals surface area contributed by atoms with Crippen molar-refractivity contribution in [2.75, 3.05) is 5.32 Å². The van der Waals surface area contributed by atoms with Gasteiger partial charge in [-0.25, -0.2) is 4.98 Å². The van der Waals surface area contributed by atoms with E-state index in [4.69, 9.17) is 0 Å². The topological polar surface area (TPSA) is 64.0 Å². The van der Waals surface area contributed by atoms with Crippen LogP contribution in [-0.4, -0.2) is 21.2 Å². The average Bonchev–Trinajstić information content (AvgIpc) is 3.31. The third kappa shape index (κ3) is 3.82. The fourth-order valence-electron chi connectivity index (χ4n) is 3.46. The van der Waals surface area contributed by atoms with Crippen LogP contribution < -0.4 is 5.32 Å². The summed E-state index contributed by atoms with van der Waals surface area (Å²) in [5.41, 5.74) is 3.49. The van der Waals surface area contributed by atoms with Crippen molar-refractivity contribution >= 4 is 17.4 Å². The minimum atomic E-state index is -0.157. The molecule has 27 heavy (non-hydrogen) atoms. The molecule has 5 heteroatoms. The molecule has 0 saturated heterocycles. The molecule has 0 bridgehead atoms. The third-order valence-corrected chi connectivity index (χ3v) is 4.84. The number of fused-ring (bicyclic) bond motifs is 1. The van der Waals surface area contributed by atoms with Gasteiger partial charge >= 0.3 is 0 Å². The molecule has 2 aromatic carbocycles. The summed E-state index contributed by atoms with van der Waals surface area (Å²) in [6.07, 6.45) is 4.41. The van der Waals surface area contributed by atoms with E-state index < -0.39 is 0 Å². The van der Waals surface area contributed by atoms with E-state index in [9.17, 15) is 9.59 Å². The molecule has 5 nitrogen and oxygen atoms in total. The highest BCUT2D eigenvalue weighted by molar-refractivity contribution is 6.00. The second-order valence-corrected chi connectivity index (χ2v) is 6.73. The van der Waals surface area contributed by atoms with Crippen LogP contribution >= 0.6 is 0 Å². The summed E-state index contributed by atoms with van der Waals surface area (Å²) in [5, 5.41) is 2.90. The van der Waals surface area contributed by atoms with Crippen LogP contribution in [-0.2, 0) is 17.8 Å². The second kappa shape index (κ2) is 7.58. The molecule has 1 aliphatic heterocycles. The molecule has 1 aliphatic rings. The lowest BCUT2D eigenvalue weighted by Gasteiger charge is -2.09. The number of aryl methyl sites for hydroxylation is 1. The van der Waals surface area contributed by atoms with E-state index in [-0.39, 0.29) is 24.5 Å². The maximum Gasteiger partial charge on any atom is 0.224 e. The number of nitrogens with zero attached hydrogens (tertiary/aromatic N) is 2. The maximum atomic E-state index is 12.3. The van der Waals surface area contributed by atoms with Crippen LogP contribution in [0.3, 0.4) is 0 Å². The summed E-state index contributed by atoms with van der Waals surface area (Å²) in [7, 11) is 0. The number of imidazole rings is 1. The Labute approximate surface area is 158 Å². The van der Waals surface area contributed by atoms with Crippen LogP contribution in [0.5, 0.6) is 0 Å². The molecule has 2 heterocycles. The number of amides is 1. The first-order valence-corrected chi connectivity index (χ1v) is 9.23. The zero-order valence-corrected chi connectivity index (χ0v) is 15.0. The predicted molar refractivity (Wildman–Crippen MR) is 105 cm³/mol. The van der Waals surface area contributed by atoms with Gasteiger partial charge in [-0.3, -0.25) is 9.59 Å². The Morgan fingerprint density at radius 1 is 1.04 bits per heavy atom. The zero-order chi connectivity index (χ0) is 18.6. The van der Waals surface area contributed by atoms with Crippen molar-refractivity contribution in [3.05, 3.63) is 72.2 Å². The SMILES string of the molecule is O=C(CCC(=O)c1ccccc1)Nc1cccc(-c2cnc3n2CCC3)c1. The molecule has 0 radical (unpaired) electrons. The van der Waals surface area contributed by atoms with Crippen molar-refractivity contribution in [1.82, 2.24) is 9.55 Å². The fraction of sp³-hybridized carbons (Fsp3) is 0.227. The second-order valence-electron chi connectivity index (χ2n) is 6.73. The summed E-state index contributed by atoms with van der Waals surface area (Å²) in [6.45, 7) is 0.989. The van der Waals surface area contributed by atoms with Crippen molar-refractivity contribution in [2.24, 2.45) is 0 Å². The fourth-order valence-corrected chi connectivity index (χ4v) is 3.46. The standard InChI is InChI=1S/C22H21N3O2/c26-20(16-6-2-1-3-7-16)11-12-22(27)24-18-9-4-8-17(14-18)19-15-23-21-10-5-13-25(19)21/h1-4,6-9,14-15H,5,10-13H2,(H,24,27). The highest BCUT2D eigenvalue weighted by Crippen LogP contribution is 2.27. The highest BCUT2D eigenvalue weighted by atomic mass is 16.2. The Morgan fingerprint density at radius 2 is 1.89 bits per heavy atom. The number of Topliss-reactive ketones (excluding diaryl/α,β-unsaturated/α-hetero) is 1. The van der Waals surface area contributed by atoms with Crippen molar-refractivity contribution in [2.45, 2.75) is 32.2 Å². The molecular weight excluding hydrogens is 338 g/mol. The number of hydrogen-bond donors (Lipinski definition) is 1. The normalized spacial score (nSPS) is 12.6. The smallest absolute Gasteiger partial charge is 0.224 e. The Hall–Kier alpha value is -3.21. The number of carbonyl (C=O) groups excluding carboxylic acids is 2. The van der Waals surface area contributed by atoms with Gasteiger partial charge in [0, 0.05) is 42.6 Å². The summed E-state index contributed by atoms with van der Waals surface area (Å²) in [4.78, 5) is 28.9. The molecule has 1 aromatic heterocycles. The number of anilines is 1. The van der Waals surface area contributed by atoms with Gasteiger partial charge in [0.25, 0.3) is 0 Å². The number of ketones is 1. The minimum Gasteiger partial charge on any atom is -0.328 e.